The minimum atomic E-state index is -4.10. The number of aryl methyl sites for hydroxylation is 1. The Balaban J connectivity index is 1.46. The van der Waals surface area contributed by atoms with Gasteiger partial charge in [0.1, 0.15) is 0 Å². The van der Waals surface area contributed by atoms with E-state index in [2.05, 4.69) is 5.32 Å². The molecule has 0 atom stereocenters. The van der Waals surface area contributed by atoms with E-state index in [0.717, 1.165) is 5.56 Å². The molecular formula is C31H30ClN3O6S2. The summed E-state index contributed by atoms with van der Waals surface area (Å²) in [4.78, 5) is 13.8. The summed E-state index contributed by atoms with van der Waals surface area (Å²) in [5.74, 6) is -0.556. The highest BCUT2D eigenvalue weighted by Crippen LogP contribution is 2.30. The Labute approximate surface area is 256 Å². The van der Waals surface area contributed by atoms with Crippen molar-refractivity contribution in [2.75, 3.05) is 35.9 Å². The number of amides is 1. The van der Waals surface area contributed by atoms with Crippen molar-refractivity contribution in [2.24, 2.45) is 0 Å². The van der Waals surface area contributed by atoms with E-state index in [4.69, 9.17) is 16.3 Å². The highest BCUT2D eigenvalue weighted by atomic mass is 35.5. The molecule has 1 heterocycles. The lowest BCUT2D eigenvalue weighted by Gasteiger charge is -2.27. The number of rotatable bonds is 9. The predicted octanol–water partition coefficient (Wildman–Crippen LogP) is 5.32. The highest BCUT2D eigenvalue weighted by Gasteiger charge is 2.29. The highest BCUT2D eigenvalue weighted by molar-refractivity contribution is 7.92. The number of carbonyl (C=O) groups is 1. The number of benzene rings is 4. The summed E-state index contributed by atoms with van der Waals surface area (Å²) in [5, 5.41) is 3.29. The largest absolute Gasteiger partial charge is 0.379 e. The second-order valence-electron chi connectivity index (χ2n) is 9.96. The predicted molar refractivity (Wildman–Crippen MR) is 166 cm³/mol. The van der Waals surface area contributed by atoms with Crippen molar-refractivity contribution in [3.05, 3.63) is 119 Å². The van der Waals surface area contributed by atoms with Crippen LogP contribution in [-0.4, -0.2) is 53.4 Å². The lowest BCUT2D eigenvalue weighted by molar-refractivity contribution is 0.0730. The quantitative estimate of drug-likeness (QED) is 0.265. The average Bonchev–Trinajstić information content (AvgIpc) is 3.01. The second kappa shape index (κ2) is 12.9. The standard InChI is InChI=1S/C31H30ClN3O6S2/c1-23-6-14-28(15-7-23)43(39,40)35(22-24-8-10-25(32)11-9-24)30-5-3-2-4-29(30)31(36)33-26-12-16-27(17-13-26)42(37,38)34-18-20-41-21-19-34/h2-17H,18-22H2,1H3,(H,33,36). The molecule has 0 radical (unpaired) electrons. The summed E-state index contributed by atoms with van der Waals surface area (Å²) in [7, 11) is -7.80. The van der Waals surface area contributed by atoms with Crippen molar-refractivity contribution in [1.29, 1.82) is 0 Å². The molecule has 43 heavy (non-hydrogen) atoms. The molecule has 1 aliphatic rings. The Kier molecular flexibility index (Phi) is 9.19. The van der Waals surface area contributed by atoms with Gasteiger partial charge in [-0.2, -0.15) is 4.31 Å². The van der Waals surface area contributed by atoms with E-state index in [1.54, 1.807) is 60.7 Å². The van der Waals surface area contributed by atoms with E-state index >= 15 is 0 Å². The Bertz CT molecular complexity index is 1810. The van der Waals surface area contributed by atoms with Crippen LogP contribution in [0.4, 0.5) is 11.4 Å². The van der Waals surface area contributed by atoms with E-state index in [1.807, 2.05) is 6.92 Å². The van der Waals surface area contributed by atoms with Crippen LogP contribution in [-0.2, 0) is 31.3 Å². The van der Waals surface area contributed by atoms with Gasteiger partial charge in [0.15, 0.2) is 0 Å². The molecule has 4 aromatic carbocycles. The summed E-state index contributed by atoms with van der Waals surface area (Å²) in [5.41, 5.74) is 2.24. The Hall–Kier alpha value is -3.74. The fourth-order valence-corrected chi connectivity index (χ4v) is 7.63. The van der Waals surface area contributed by atoms with Crippen molar-refractivity contribution >= 4 is 48.9 Å². The minimum Gasteiger partial charge on any atom is -0.379 e. The molecule has 0 spiro atoms. The fourth-order valence-electron chi connectivity index (χ4n) is 4.62. The zero-order valence-corrected chi connectivity index (χ0v) is 25.7. The van der Waals surface area contributed by atoms with Gasteiger partial charge in [0.25, 0.3) is 15.9 Å². The van der Waals surface area contributed by atoms with Gasteiger partial charge in [-0.05, 0) is 73.2 Å². The number of carbonyl (C=O) groups excluding carboxylic acids is 1. The van der Waals surface area contributed by atoms with E-state index in [1.165, 1.54) is 45.0 Å². The number of morpholine rings is 1. The van der Waals surface area contributed by atoms with Gasteiger partial charge < -0.3 is 10.1 Å². The molecule has 0 saturated carbocycles. The van der Waals surface area contributed by atoms with Gasteiger partial charge >= 0.3 is 0 Å². The van der Waals surface area contributed by atoms with Crippen LogP contribution in [0, 0.1) is 6.92 Å². The van der Waals surface area contributed by atoms with Crippen LogP contribution in [0.2, 0.25) is 5.02 Å². The minimum absolute atomic E-state index is 0.0498. The molecule has 5 rings (SSSR count). The van der Waals surface area contributed by atoms with Gasteiger partial charge in [-0.3, -0.25) is 9.10 Å². The first-order chi connectivity index (χ1) is 20.6. The third kappa shape index (κ3) is 6.92. The number of para-hydroxylation sites is 1. The van der Waals surface area contributed by atoms with E-state index in [-0.39, 0.29) is 40.7 Å². The van der Waals surface area contributed by atoms with Crippen molar-refractivity contribution in [2.45, 2.75) is 23.3 Å². The molecular weight excluding hydrogens is 610 g/mol. The van der Waals surface area contributed by atoms with E-state index in [0.29, 0.717) is 29.5 Å². The molecule has 0 aromatic heterocycles. The van der Waals surface area contributed by atoms with Crippen LogP contribution in [0.25, 0.3) is 0 Å². The van der Waals surface area contributed by atoms with Crippen LogP contribution in [0.5, 0.6) is 0 Å². The molecule has 1 amide bonds. The molecule has 1 saturated heterocycles. The molecule has 224 valence electrons. The molecule has 1 fully saturated rings. The monoisotopic (exact) mass is 639 g/mol. The van der Waals surface area contributed by atoms with Gasteiger partial charge in [-0.1, -0.05) is 53.6 Å². The summed E-state index contributed by atoms with van der Waals surface area (Å²) in [6.45, 7) is 3.03. The van der Waals surface area contributed by atoms with Gasteiger partial charge in [-0.15, -0.1) is 0 Å². The average molecular weight is 640 g/mol. The number of nitrogens with zero attached hydrogens (tertiary/aromatic N) is 2. The fraction of sp³-hybridized carbons (Fsp3) is 0.194. The SMILES string of the molecule is Cc1ccc(S(=O)(=O)N(Cc2ccc(Cl)cc2)c2ccccc2C(=O)Nc2ccc(S(=O)(=O)N3CCOCC3)cc2)cc1. The molecule has 4 aromatic rings. The smallest absolute Gasteiger partial charge is 0.264 e. The maximum absolute atomic E-state index is 14.0. The maximum atomic E-state index is 14.0. The number of anilines is 2. The number of halogens is 1. The third-order valence-corrected chi connectivity index (χ3v) is 10.9. The lowest BCUT2D eigenvalue weighted by atomic mass is 10.1. The Morgan fingerprint density at radius 2 is 1.44 bits per heavy atom. The number of sulfonamides is 2. The second-order valence-corrected chi connectivity index (χ2v) is 14.2. The van der Waals surface area contributed by atoms with Crippen LogP contribution in [0.1, 0.15) is 21.5 Å². The molecule has 0 aliphatic carbocycles. The van der Waals surface area contributed by atoms with Crippen LogP contribution in [0.3, 0.4) is 0 Å². The van der Waals surface area contributed by atoms with Crippen molar-refractivity contribution in [3.63, 3.8) is 0 Å². The molecule has 12 heteroatoms. The van der Waals surface area contributed by atoms with Gasteiger partial charge in [0, 0.05) is 23.8 Å². The van der Waals surface area contributed by atoms with Crippen LogP contribution < -0.4 is 9.62 Å². The molecule has 1 aliphatic heterocycles. The van der Waals surface area contributed by atoms with Gasteiger partial charge in [-0.25, -0.2) is 16.8 Å². The summed E-state index contributed by atoms with van der Waals surface area (Å²) in [6, 6.07) is 25.6. The first kappa shape index (κ1) is 30.7. The Morgan fingerprint density at radius 3 is 2.09 bits per heavy atom. The lowest BCUT2D eigenvalue weighted by Crippen LogP contribution is -2.40. The summed E-state index contributed by atoms with van der Waals surface area (Å²) < 4.78 is 61.8. The molecule has 0 unspecified atom stereocenters. The van der Waals surface area contributed by atoms with Crippen molar-refractivity contribution < 1.29 is 26.4 Å². The van der Waals surface area contributed by atoms with Gasteiger partial charge in [0.2, 0.25) is 10.0 Å². The van der Waals surface area contributed by atoms with Crippen molar-refractivity contribution in [3.8, 4) is 0 Å². The van der Waals surface area contributed by atoms with Crippen LogP contribution in [0.15, 0.2) is 107 Å². The third-order valence-electron chi connectivity index (χ3n) is 6.99. The number of hydrogen-bond acceptors (Lipinski definition) is 6. The summed E-state index contributed by atoms with van der Waals surface area (Å²) >= 11 is 6.06. The number of nitrogens with one attached hydrogen (secondary N) is 1. The van der Waals surface area contributed by atoms with Crippen LogP contribution >= 0.6 is 11.6 Å². The zero-order chi connectivity index (χ0) is 30.6. The molecule has 9 nitrogen and oxygen atoms in total. The topological polar surface area (TPSA) is 113 Å². The molecule has 0 bridgehead atoms. The van der Waals surface area contributed by atoms with Crippen molar-refractivity contribution in [1.82, 2.24) is 4.31 Å². The van der Waals surface area contributed by atoms with E-state index < -0.39 is 26.0 Å². The first-order valence-electron chi connectivity index (χ1n) is 13.5. The number of hydrogen-bond donors (Lipinski definition) is 1. The van der Waals surface area contributed by atoms with E-state index in [9.17, 15) is 21.6 Å². The molecule has 1 N–H and O–H groups in total. The first-order valence-corrected chi connectivity index (χ1v) is 16.7. The van der Waals surface area contributed by atoms with Gasteiger partial charge in [0.05, 0.1) is 40.8 Å². The zero-order valence-electron chi connectivity index (χ0n) is 23.3. The summed E-state index contributed by atoms with van der Waals surface area (Å²) in [6.07, 6.45) is 0. The maximum Gasteiger partial charge on any atom is 0.264 e. The number of ether oxygens (including phenoxy) is 1. The normalized spacial score (nSPS) is 14.3. The Morgan fingerprint density at radius 1 is 0.837 bits per heavy atom.